The predicted molar refractivity (Wildman–Crippen MR) is 90.5 cm³/mol. The highest BCUT2D eigenvalue weighted by atomic mass is 16.5. The molecule has 0 aliphatic carbocycles. The fraction of sp³-hybridized carbons (Fsp3) is 0.600. The Bertz CT molecular complexity index is 504. The first kappa shape index (κ1) is 15.6. The SMILES string of the molecule is C#CCN1[C@@H]2CC[C@H]1CC(OC(c1ccccc1)C(C)C)C2. The largest absolute Gasteiger partial charge is 0.370 e. The van der Waals surface area contributed by atoms with Gasteiger partial charge in [0.2, 0.25) is 0 Å². The van der Waals surface area contributed by atoms with E-state index < -0.39 is 0 Å². The van der Waals surface area contributed by atoms with Crippen LogP contribution in [0.3, 0.4) is 0 Å². The van der Waals surface area contributed by atoms with E-state index in [0.717, 1.165) is 19.4 Å². The van der Waals surface area contributed by atoms with Gasteiger partial charge >= 0.3 is 0 Å². The van der Waals surface area contributed by atoms with Gasteiger partial charge in [-0.2, -0.15) is 0 Å². The number of hydrogen-bond acceptors (Lipinski definition) is 2. The van der Waals surface area contributed by atoms with Crippen molar-refractivity contribution in [2.45, 2.75) is 63.8 Å². The summed E-state index contributed by atoms with van der Waals surface area (Å²) in [7, 11) is 0. The molecule has 1 aromatic carbocycles. The summed E-state index contributed by atoms with van der Waals surface area (Å²) >= 11 is 0. The molecule has 2 aliphatic heterocycles. The fourth-order valence-corrected chi connectivity index (χ4v) is 4.17. The first-order valence-corrected chi connectivity index (χ1v) is 8.58. The van der Waals surface area contributed by atoms with Gasteiger partial charge < -0.3 is 4.74 Å². The van der Waals surface area contributed by atoms with E-state index >= 15 is 0 Å². The predicted octanol–water partition coefficient (Wildman–Crippen LogP) is 4.03. The van der Waals surface area contributed by atoms with E-state index in [2.05, 4.69) is 55.0 Å². The van der Waals surface area contributed by atoms with Crippen molar-refractivity contribution in [1.29, 1.82) is 0 Å². The molecule has 2 bridgehead atoms. The second-order valence-electron chi connectivity index (χ2n) is 7.07. The average molecular weight is 297 g/mol. The first-order valence-electron chi connectivity index (χ1n) is 8.58. The molecule has 3 rings (SSSR count). The molecule has 2 heteroatoms. The van der Waals surface area contributed by atoms with Gasteiger partial charge in [-0.25, -0.2) is 0 Å². The van der Waals surface area contributed by atoms with Crippen molar-refractivity contribution in [2.24, 2.45) is 5.92 Å². The summed E-state index contributed by atoms with van der Waals surface area (Å²) in [5.74, 6) is 3.31. The minimum absolute atomic E-state index is 0.199. The normalized spacial score (nSPS) is 29.5. The highest BCUT2D eigenvalue weighted by Crippen LogP contribution is 2.39. The molecular weight excluding hydrogens is 270 g/mol. The van der Waals surface area contributed by atoms with E-state index in [0.29, 0.717) is 24.1 Å². The van der Waals surface area contributed by atoms with E-state index in [-0.39, 0.29) is 6.10 Å². The lowest BCUT2D eigenvalue weighted by Gasteiger charge is -2.39. The lowest BCUT2D eigenvalue weighted by atomic mass is 9.96. The summed E-state index contributed by atoms with van der Waals surface area (Å²) in [6.45, 7) is 5.30. The molecular formula is C20H27NO. The van der Waals surface area contributed by atoms with Crippen molar-refractivity contribution in [2.75, 3.05) is 6.54 Å². The van der Waals surface area contributed by atoms with Gasteiger partial charge in [-0.3, -0.25) is 4.90 Å². The Morgan fingerprint density at radius 2 is 1.82 bits per heavy atom. The summed E-state index contributed by atoms with van der Waals surface area (Å²) in [5, 5.41) is 0. The number of hydrogen-bond donors (Lipinski definition) is 0. The van der Waals surface area contributed by atoms with Crippen LogP contribution in [0.25, 0.3) is 0 Å². The zero-order chi connectivity index (χ0) is 15.5. The van der Waals surface area contributed by atoms with Crippen LogP contribution in [-0.4, -0.2) is 29.6 Å². The van der Waals surface area contributed by atoms with Crippen molar-refractivity contribution in [1.82, 2.24) is 4.90 Å². The highest BCUT2D eigenvalue weighted by molar-refractivity contribution is 5.18. The van der Waals surface area contributed by atoms with Crippen molar-refractivity contribution in [3.8, 4) is 12.3 Å². The van der Waals surface area contributed by atoms with Gasteiger partial charge in [0.05, 0.1) is 18.8 Å². The minimum Gasteiger partial charge on any atom is -0.370 e. The molecule has 2 unspecified atom stereocenters. The maximum Gasteiger partial charge on any atom is 0.0851 e. The van der Waals surface area contributed by atoms with Crippen LogP contribution >= 0.6 is 0 Å². The number of benzene rings is 1. The molecule has 0 N–H and O–H groups in total. The van der Waals surface area contributed by atoms with E-state index in [1.807, 2.05) is 0 Å². The van der Waals surface area contributed by atoms with Crippen LogP contribution < -0.4 is 0 Å². The molecule has 2 aliphatic rings. The van der Waals surface area contributed by atoms with Gasteiger partial charge in [-0.05, 0) is 37.2 Å². The summed E-state index contributed by atoms with van der Waals surface area (Å²) in [6, 6.07) is 11.9. The van der Waals surface area contributed by atoms with Gasteiger partial charge in [-0.1, -0.05) is 50.1 Å². The first-order chi connectivity index (χ1) is 10.7. The van der Waals surface area contributed by atoms with E-state index in [1.165, 1.54) is 18.4 Å². The Morgan fingerprint density at radius 1 is 1.18 bits per heavy atom. The molecule has 0 amide bonds. The number of nitrogens with zero attached hydrogens (tertiary/aromatic N) is 1. The maximum absolute atomic E-state index is 6.57. The molecule has 0 aromatic heterocycles. The molecule has 2 saturated heterocycles. The number of piperidine rings is 1. The Morgan fingerprint density at radius 3 is 2.36 bits per heavy atom. The summed E-state index contributed by atoms with van der Waals surface area (Å²) in [5.41, 5.74) is 1.30. The summed E-state index contributed by atoms with van der Waals surface area (Å²) < 4.78 is 6.57. The Kier molecular flexibility index (Phi) is 4.86. The lowest BCUT2D eigenvalue weighted by molar-refractivity contribution is -0.0767. The van der Waals surface area contributed by atoms with Crippen molar-refractivity contribution < 1.29 is 4.74 Å². The van der Waals surface area contributed by atoms with Crippen LogP contribution in [-0.2, 0) is 4.74 Å². The van der Waals surface area contributed by atoms with Crippen LogP contribution in [0.15, 0.2) is 30.3 Å². The van der Waals surface area contributed by atoms with Gasteiger partial charge in [0.15, 0.2) is 0 Å². The van der Waals surface area contributed by atoms with Crippen LogP contribution in [0.1, 0.15) is 51.2 Å². The third-order valence-corrected chi connectivity index (χ3v) is 5.19. The second kappa shape index (κ2) is 6.86. The molecule has 0 radical (unpaired) electrons. The van der Waals surface area contributed by atoms with Crippen LogP contribution in [0, 0.1) is 18.3 Å². The average Bonchev–Trinajstić information content (AvgIpc) is 2.76. The van der Waals surface area contributed by atoms with Crippen molar-refractivity contribution in [3.05, 3.63) is 35.9 Å². The molecule has 0 spiro atoms. The third-order valence-electron chi connectivity index (χ3n) is 5.19. The van der Waals surface area contributed by atoms with Gasteiger partial charge in [-0.15, -0.1) is 6.42 Å². The molecule has 2 nitrogen and oxygen atoms in total. The number of ether oxygens (including phenoxy) is 1. The number of fused-ring (bicyclic) bond motifs is 2. The topological polar surface area (TPSA) is 12.5 Å². The van der Waals surface area contributed by atoms with Crippen LogP contribution in [0.2, 0.25) is 0 Å². The third kappa shape index (κ3) is 3.21. The van der Waals surface area contributed by atoms with Crippen LogP contribution in [0.4, 0.5) is 0 Å². The number of rotatable bonds is 5. The lowest BCUT2D eigenvalue weighted by Crippen LogP contribution is -2.45. The van der Waals surface area contributed by atoms with Crippen molar-refractivity contribution >= 4 is 0 Å². The Balaban J connectivity index is 1.67. The Labute approximate surface area is 134 Å². The highest BCUT2D eigenvalue weighted by Gasteiger charge is 2.41. The molecule has 4 atom stereocenters. The smallest absolute Gasteiger partial charge is 0.0851 e. The fourth-order valence-electron chi connectivity index (χ4n) is 4.17. The molecule has 2 fully saturated rings. The van der Waals surface area contributed by atoms with E-state index in [1.54, 1.807) is 0 Å². The maximum atomic E-state index is 6.57. The molecule has 2 heterocycles. The molecule has 118 valence electrons. The molecule has 22 heavy (non-hydrogen) atoms. The van der Waals surface area contributed by atoms with Crippen molar-refractivity contribution in [3.63, 3.8) is 0 Å². The Hall–Kier alpha value is -1.30. The van der Waals surface area contributed by atoms with Crippen LogP contribution in [0.5, 0.6) is 0 Å². The monoisotopic (exact) mass is 297 g/mol. The van der Waals surface area contributed by atoms with Gasteiger partial charge in [0.25, 0.3) is 0 Å². The van der Waals surface area contributed by atoms with E-state index in [4.69, 9.17) is 11.2 Å². The van der Waals surface area contributed by atoms with Gasteiger partial charge in [0, 0.05) is 12.1 Å². The van der Waals surface area contributed by atoms with Gasteiger partial charge in [0.1, 0.15) is 0 Å². The molecule has 1 aromatic rings. The minimum atomic E-state index is 0.199. The quantitative estimate of drug-likeness (QED) is 0.761. The second-order valence-corrected chi connectivity index (χ2v) is 7.07. The number of terminal acetylenes is 1. The zero-order valence-corrected chi connectivity index (χ0v) is 13.7. The van der Waals surface area contributed by atoms with E-state index in [9.17, 15) is 0 Å². The standard InChI is InChI=1S/C20H27NO/c1-4-12-21-17-10-11-18(21)14-19(13-17)22-20(15(2)3)16-8-6-5-7-9-16/h1,5-9,15,17-20H,10-14H2,2-3H3/t17-,18+,19?,20?. The molecule has 0 saturated carbocycles. The summed E-state index contributed by atoms with van der Waals surface area (Å²) in [6.07, 6.45) is 10.9. The summed E-state index contributed by atoms with van der Waals surface area (Å²) in [4.78, 5) is 2.52. The zero-order valence-electron chi connectivity index (χ0n) is 13.7.